The molecule has 18 heavy (non-hydrogen) atoms. The highest BCUT2D eigenvalue weighted by Gasteiger charge is 2.05. The fourth-order valence-electron chi connectivity index (χ4n) is 1.71. The smallest absolute Gasteiger partial charge is 0.132 e. The highest BCUT2D eigenvalue weighted by Crippen LogP contribution is 2.21. The topological polar surface area (TPSA) is 29.0 Å². The van der Waals surface area contributed by atoms with Crippen LogP contribution in [0.2, 0.25) is 10.0 Å². The largest absolute Gasteiger partial charge is 0.355 e. The average molecular weight is 282 g/mol. The molecule has 0 radical (unpaired) electrons. The molecule has 94 valence electrons. The summed E-state index contributed by atoms with van der Waals surface area (Å²) in [5.74, 6) is 0.874. The molecule has 3 nitrogen and oxygen atoms in total. The van der Waals surface area contributed by atoms with Crippen molar-refractivity contribution < 1.29 is 0 Å². The maximum atomic E-state index is 5.98. The monoisotopic (exact) mass is 281 g/mol. The van der Waals surface area contributed by atoms with Gasteiger partial charge in [0.2, 0.25) is 0 Å². The van der Waals surface area contributed by atoms with Crippen molar-refractivity contribution in [3.8, 4) is 0 Å². The van der Waals surface area contributed by atoms with Crippen molar-refractivity contribution in [2.45, 2.75) is 13.5 Å². The van der Waals surface area contributed by atoms with Gasteiger partial charge in [-0.3, -0.25) is 0 Å². The molecule has 0 aliphatic rings. The molecular formula is C13H13Cl2N3. The van der Waals surface area contributed by atoms with E-state index in [1.807, 2.05) is 37.1 Å². The molecule has 0 saturated heterocycles. The van der Waals surface area contributed by atoms with Crippen molar-refractivity contribution in [1.29, 1.82) is 0 Å². The predicted molar refractivity (Wildman–Crippen MR) is 75.3 cm³/mol. The van der Waals surface area contributed by atoms with Crippen LogP contribution in [0.4, 0.5) is 5.82 Å². The van der Waals surface area contributed by atoms with E-state index in [0.717, 1.165) is 17.1 Å². The van der Waals surface area contributed by atoms with Crippen LogP contribution >= 0.6 is 23.2 Å². The third-order valence-corrected chi connectivity index (χ3v) is 2.96. The number of aromatic nitrogens is 2. The number of hydrogen-bond acceptors (Lipinski definition) is 3. The molecule has 5 heteroatoms. The van der Waals surface area contributed by atoms with Gasteiger partial charge in [0.15, 0.2) is 0 Å². The van der Waals surface area contributed by atoms with E-state index in [-0.39, 0.29) is 0 Å². The molecule has 0 N–H and O–H groups in total. The highest BCUT2D eigenvalue weighted by atomic mass is 35.5. The van der Waals surface area contributed by atoms with Crippen molar-refractivity contribution >= 4 is 29.0 Å². The Morgan fingerprint density at radius 1 is 1.06 bits per heavy atom. The molecular weight excluding hydrogens is 269 g/mol. The van der Waals surface area contributed by atoms with E-state index in [1.165, 1.54) is 0 Å². The summed E-state index contributed by atoms with van der Waals surface area (Å²) in [4.78, 5) is 10.3. The van der Waals surface area contributed by atoms with E-state index in [4.69, 9.17) is 23.2 Å². The lowest BCUT2D eigenvalue weighted by Crippen LogP contribution is -2.17. The van der Waals surface area contributed by atoms with Crippen molar-refractivity contribution in [3.63, 3.8) is 0 Å². The van der Waals surface area contributed by atoms with Crippen LogP contribution in [0.1, 0.15) is 11.3 Å². The van der Waals surface area contributed by atoms with Crippen LogP contribution in [-0.4, -0.2) is 17.0 Å². The van der Waals surface area contributed by atoms with Crippen LogP contribution in [0.5, 0.6) is 0 Å². The Labute approximate surface area is 116 Å². The second-order valence-electron chi connectivity index (χ2n) is 4.15. The Bertz CT molecular complexity index is 537. The first-order valence-electron chi connectivity index (χ1n) is 5.49. The zero-order valence-electron chi connectivity index (χ0n) is 10.2. The van der Waals surface area contributed by atoms with E-state index < -0.39 is 0 Å². The standard InChI is InChI=1S/C13H13Cl2N3/c1-9-3-13(17-8-16-9)18(2)7-10-4-11(14)6-12(15)5-10/h3-6,8H,7H2,1-2H3. The summed E-state index contributed by atoms with van der Waals surface area (Å²) in [6.07, 6.45) is 1.56. The van der Waals surface area contributed by atoms with E-state index in [2.05, 4.69) is 9.97 Å². The van der Waals surface area contributed by atoms with Crippen LogP contribution in [0.15, 0.2) is 30.6 Å². The molecule has 0 fully saturated rings. The Hall–Kier alpha value is -1.32. The fraction of sp³-hybridized carbons (Fsp3) is 0.231. The van der Waals surface area contributed by atoms with Crippen molar-refractivity contribution in [1.82, 2.24) is 9.97 Å². The van der Waals surface area contributed by atoms with Crippen LogP contribution < -0.4 is 4.90 Å². The molecule has 0 atom stereocenters. The normalized spacial score (nSPS) is 10.4. The maximum Gasteiger partial charge on any atom is 0.132 e. The van der Waals surface area contributed by atoms with Crippen molar-refractivity contribution in [2.75, 3.05) is 11.9 Å². The van der Waals surface area contributed by atoms with Crippen LogP contribution in [0.25, 0.3) is 0 Å². The van der Waals surface area contributed by atoms with E-state index >= 15 is 0 Å². The summed E-state index contributed by atoms with van der Waals surface area (Å²) in [6.45, 7) is 2.63. The molecule has 1 heterocycles. The lowest BCUT2D eigenvalue weighted by atomic mass is 10.2. The SMILES string of the molecule is Cc1cc(N(C)Cc2cc(Cl)cc(Cl)c2)ncn1. The second-order valence-corrected chi connectivity index (χ2v) is 5.02. The molecule has 1 aromatic heterocycles. The number of anilines is 1. The zero-order valence-corrected chi connectivity index (χ0v) is 11.7. The van der Waals surface area contributed by atoms with Gasteiger partial charge in [-0.2, -0.15) is 0 Å². The maximum absolute atomic E-state index is 5.98. The second kappa shape index (κ2) is 5.55. The summed E-state index contributed by atoms with van der Waals surface area (Å²) in [5, 5.41) is 1.29. The molecule has 0 bridgehead atoms. The predicted octanol–water partition coefficient (Wildman–Crippen LogP) is 3.73. The van der Waals surface area contributed by atoms with Gasteiger partial charge < -0.3 is 4.90 Å². The average Bonchev–Trinajstić information content (AvgIpc) is 2.27. The molecule has 0 spiro atoms. The third-order valence-electron chi connectivity index (χ3n) is 2.52. The summed E-state index contributed by atoms with van der Waals surface area (Å²) in [7, 11) is 1.97. The lowest BCUT2D eigenvalue weighted by Gasteiger charge is -2.18. The number of rotatable bonds is 3. The Morgan fingerprint density at radius 2 is 1.72 bits per heavy atom. The molecule has 0 aliphatic heterocycles. The van der Waals surface area contributed by atoms with Crippen molar-refractivity contribution in [3.05, 3.63) is 51.9 Å². The zero-order chi connectivity index (χ0) is 13.1. The van der Waals surface area contributed by atoms with Crippen LogP contribution in [0.3, 0.4) is 0 Å². The van der Waals surface area contributed by atoms with Gasteiger partial charge in [-0.1, -0.05) is 23.2 Å². The lowest BCUT2D eigenvalue weighted by molar-refractivity contribution is 0.886. The summed E-state index contributed by atoms with van der Waals surface area (Å²) >= 11 is 12.0. The van der Waals surface area contributed by atoms with Gasteiger partial charge in [0.1, 0.15) is 12.1 Å². The minimum absolute atomic E-state index is 0.643. The summed E-state index contributed by atoms with van der Waals surface area (Å²) in [5.41, 5.74) is 1.99. The Kier molecular flexibility index (Phi) is 4.04. The first-order chi connectivity index (χ1) is 8.54. The molecule has 0 saturated carbocycles. The molecule has 0 aliphatic carbocycles. The van der Waals surface area contributed by atoms with Gasteiger partial charge in [0, 0.05) is 35.4 Å². The van der Waals surface area contributed by atoms with Crippen LogP contribution in [0, 0.1) is 6.92 Å². The van der Waals surface area contributed by atoms with Crippen LogP contribution in [-0.2, 0) is 6.54 Å². The van der Waals surface area contributed by atoms with E-state index in [9.17, 15) is 0 Å². The molecule has 1 aromatic carbocycles. The minimum atomic E-state index is 0.643. The Balaban J connectivity index is 2.18. The van der Waals surface area contributed by atoms with E-state index in [0.29, 0.717) is 16.6 Å². The third kappa shape index (κ3) is 3.34. The van der Waals surface area contributed by atoms with Gasteiger partial charge in [0.25, 0.3) is 0 Å². The number of benzene rings is 1. The van der Waals surface area contributed by atoms with Gasteiger partial charge in [-0.25, -0.2) is 9.97 Å². The molecule has 2 rings (SSSR count). The first kappa shape index (κ1) is 13.1. The van der Waals surface area contributed by atoms with Gasteiger partial charge in [-0.15, -0.1) is 0 Å². The molecule has 0 unspecified atom stereocenters. The molecule has 2 aromatic rings. The van der Waals surface area contributed by atoms with Gasteiger partial charge in [-0.05, 0) is 30.7 Å². The number of aryl methyl sites for hydroxylation is 1. The summed E-state index contributed by atoms with van der Waals surface area (Å²) < 4.78 is 0. The quantitative estimate of drug-likeness (QED) is 0.859. The summed E-state index contributed by atoms with van der Waals surface area (Å²) in [6, 6.07) is 7.46. The number of hydrogen-bond donors (Lipinski definition) is 0. The Morgan fingerprint density at radius 3 is 2.33 bits per heavy atom. The number of nitrogens with zero attached hydrogens (tertiary/aromatic N) is 3. The van der Waals surface area contributed by atoms with Gasteiger partial charge >= 0.3 is 0 Å². The molecule has 0 amide bonds. The fourth-order valence-corrected chi connectivity index (χ4v) is 2.28. The minimum Gasteiger partial charge on any atom is -0.355 e. The number of halogens is 2. The highest BCUT2D eigenvalue weighted by molar-refractivity contribution is 6.34. The van der Waals surface area contributed by atoms with Crippen molar-refractivity contribution in [2.24, 2.45) is 0 Å². The first-order valence-corrected chi connectivity index (χ1v) is 6.25. The van der Waals surface area contributed by atoms with E-state index in [1.54, 1.807) is 12.4 Å². The van der Waals surface area contributed by atoms with Gasteiger partial charge in [0.05, 0.1) is 0 Å².